The lowest BCUT2D eigenvalue weighted by Gasteiger charge is -2.36. The van der Waals surface area contributed by atoms with Crippen LogP contribution >= 0.6 is 11.8 Å². The Bertz CT molecular complexity index is 1070. The van der Waals surface area contributed by atoms with E-state index in [1.165, 1.54) is 22.1 Å². The van der Waals surface area contributed by atoms with Gasteiger partial charge < -0.3 is 19.1 Å². The van der Waals surface area contributed by atoms with Crippen molar-refractivity contribution in [2.24, 2.45) is 0 Å². The number of carbonyl (C=O) groups is 3. The van der Waals surface area contributed by atoms with Crippen molar-refractivity contribution in [1.29, 1.82) is 0 Å². The normalized spacial score (nSPS) is 18.5. The van der Waals surface area contributed by atoms with E-state index in [1.807, 2.05) is 4.90 Å². The first kappa shape index (κ1) is 22.9. The molecule has 3 heterocycles. The zero-order valence-corrected chi connectivity index (χ0v) is 19.3. The van der Waals surface area contributed by atoms with E-state index in [0.717, 1.165) is 11.8 Å². The second-order valence-electron chi connectivity index (χ2n) is 7.76. The molecule has 2 aliphatic rings. The summed E-state index contributed by atoms with van der Waals surface area (Å²) in [6.07, 6.45) is 1.61. The van der Waals surface area contributed by atoms with Gasteiger partial charge in [0.2, 0.25) is 0 Å². The van der Waals surface area contributed by atoms with Crippen molar-refractivity contribution in [3.8, 4) is 0 Å². The van der Waals surface area contributed by atoms with Crippen molar-refractivity contribution in [2.75, 3.05) is 55.8 Å². The van der Waals surface area contributed by atoms with Gasteiger partial charge in [-0.3, -0.25) is 19.4 Å². The van der Waals surface area contributed by atoms with Gasteiger partial charge in [0, 0.05) is 33.2 Å². The highest BCUT2D eigenvalue weighted by molar-refractivity contribution is 8.12. The lowest BCUT2D eigenvalue weighted by molar-refractivity contribution is 0.0668. The van der Waals surface area contributed by atoms with Crippen LogP contribution in [0.25, 0.3) is 0 Å². The van der Waals surface area contributed by atoms with Gasteiger partial charge >= 0.3 is 6.09 Å². The summed E-state index contributed by atoms with van der Waals surface area (Å²) in [5.41, 5.74) is 1.71. The molecule has 2 aromatic rings. The van der Waals surface area contributed by atoms with E-state index in [1.54, 1.807) is 37.3 Å². The fourth-order valence-corrected chi connectivity index (χ4v) is 4.27. The first-order valence-electron chi connectivity index (χ1n) is 10.3. The Balaban J connectivity index is 1.40. The molecular weight excluding hydrogens is 453 g/mol. The summed E-state index contributed by atoms with van der Waals surface area (Å²) in [5.74, 6) is -0.636. The van der Waals surface area contributed by atoms with Crippen molar-refractivity contribution in [1.82, 2.24) is 15.0 Å². The van der Waals surface area contributed by atoms with Crippen LogP contribution in [0, 0.1) is 12.7 Å². The van der Waals surface area contributed by atoms with E-state index in [9.17, 15) is 18.8 Å². The van der Waals surface area contributed by atoms with Crippen molar-refractivity contribution < 1.29 is 28.0 Å². The van der Waals surface area contributed by atoms with Gasteiger partial charge in [-0.15, -0.1) is 0 Å². The molecule has 3 amide bonds. The number of thioether (sulfide) groups is 1. The van der Waals surface area contributed by atoms with Crippen molar-refractivity contribution in [2.45, 2.75) is 13.2 Å². The molecule has 1 unspecified atom stereocenters. The van der Waals surface area contributed by atoms with E-state index in [4.69, 9.17) is 9.26 Å². The molecule has 176 valence electrons. The van der Waals surface area contributed by atoms with E-state index < -0.39 is 18.1 Å². The number of aryl methyl sites for hydroxylation is 1. The highest BCUT2D eigenvalue weighted by Crippen LogP contribution is 2.29. The molecule has 0 aliphatic carbocycles. The maximum Gasteiger partial charge on any atom is 0.416 e. The van der Waals surface area contributed by atoms with Gasteiger partial charge in [0.1, 0.15) is 17.6 Å². The monoisotopic (exact) mass is 477 g/mol. The maximum absolute atomic E-state index is 15.0. The second kappa shape index (κ2) is 9.30. The van der Waals surface area contributed by atoms with Crippen LogP contribution in [0.3, 0.4) is 0 Å². The lowest BCUT2D eigenvalue weighted by atomic mass is 10.2. The standard InChI is InChI=1S/C21H24FN5O5S/c1-13-15(12-31-23-13)19(28)26-8-6-25(7-9-26)17-5-4-14(10-16(17)22)27-11-18(32-20(27)29)24(2)21(30)33-3/h4-5,10,12,18H,6-9,11H2,1-3H3. The van der Waals surface area contributed by atoms with Crippen LogP contribution in [-0.2, 0) is 4.74 Å². The zero-order chi connectivity index (χ0) is 23.7. The smallest absolute Gasteiger partial charge is 0.416 e. The molecule has 1 aromatic carbocycles. The number of piperazine rings is 1. The maximum atomic E-state index is 15.0. The fourth-order valence-electron chi connectivity index (χ4n) is 3.86. The summed E-state index contributed by atoms with van der Waals surface area (Å²) in [6.45, 7) is 3.61. The molecule has 0 radical (unpaired) electrons. The Hall–Kier alpha value is -3.28. The molecule has 12 heteroatoms. The molecule has 0 spiro atoms. The van der Waals surface area contributed by atoms with Gasteiger partial charge in [-0.05, 0) is 31.4 Å². The van der Waals surface area contributed by atoms with Crippen LogP contribution in [0.15, 0.2) is 29.0 Å². The first-order chi connectivity index (χ1) is 15.8. The van der Waals surface area contributed by atoms with Crippen molar-refractivity contribution >= 4 is 40.4 Å². The molecule has 1 atom stereocenters. The minimum atomic E-state index is -0.736. The topological polar surface area (TPSA) is 99.4 Å². The van der Waals surface area contributed by atoms with Crippen LogP contribution in [0.2, 0.25) is 0 Å². The highest BCUT2D eigenvalue weighted by Gasteiger charge is 2.37. The average Bonchev–Trinajstić information content (AvgIpc) is 3.43. The van der Waals surface area contributed by atoms with Crippen LogP contribution in [0.4, 0.5) is 25.4 Å². The Labute approximate surface area is 194 Å². The predicted molar refractivity (Wildman–Crippen MR) is 120 cm³/mol. The van der Waals surface area contributed by atoms with Gasteiger partial charge in [-0.25, -0.2) is 9.18 Å². The average molecular weight is 478 g/mol. The number of amides is 3. The summed E-state index contributed by atoms with van der Waals surface area (Å²) < 4.78 is 25.1. The number of cyclic esters (lactones) is 1. The van der Waals surface area contributed by atoms with Crippen LogP contribution in [0.1, 0.15) is 16.1 Å². The summed E-state index contributed by atoms with van der Waals surface area (Å²) in [5, 5.41) is 3.51. The van der Waals surface area contributed by atoms with Crippen LogP contribution < -0.4 is 9.80 Å². The number of benzene rings is 1. The van der Waals surface area contributed by atoms with Gasteiger partial charge in [0.05, 0.1) is 23.6 Å². The number of ether oxygens (including phenoxy) is 1. The molecule has 2 saturated heterocycles. The first-order valence-corrected chi connectivity index (χ1v) is 11.6. The van der Waals surface area contributed by atoms with Crippen molar-refractivity contribution in [3.05, 3.63) is 41.5 Å². The molecule has 1 aromatic heterocycles. The Morgan fingerprint density at radius 1 is 1.24 bits per heavy atom. The summed E-state index contributed by atoms with van der Waals surface area (Å²) in [4.78, 5) is 43.0. The lowest BCUT2D eigenvalue weighted by Crippen LogP contribution is -2.49. The minimum Gasteiger partial charge on any atom is -0.423 e. The molecule has 0 N–H and O–H groups in total. The molecule has 0 saturated carbocycles. The molecular formula is C21H24FN5O5S. The number of rotatable bonds is 4. The zero-order valence-electron chi connectivity index (χ0n) is 18.5. The Kier molecular flexibility index (Phi) is 6.45. The summed E-state index contributed by atoms with van der Waals surface area (Å²) >= 11 is 1.02. The van der Waals surface area contributed by atoms with E-state index >= 15 is 0 Å². The van der Waals surface area contributed by atoms with Crippen LogP contribution in [0.5, 0.6) is 0 Å². The number of anilines is 2. The number of halogens is 1. The third-order valence-corrected chi connectivity index (χ3v) is 6.46. The molecule has 33 heavy (non-hydrogen) atoms. The summed E-state index contributed by atoms with van der Waals surface area (Å²) in [6, 6.07) is 4.55. The Morgan fingerprint density at radius 3 is 2.58 bits per heavy atom. The number of likely N-dealkylation sites (N-methyl/N-ethyl adjacent to an activating group) is 1. The van der Waals surface area contributed by atoms with Crippen LogP contribution in [-0.4, -0.2) is 84.5 Å². The van der Waals surface area contributed by atoms with E-state index in [-0.39, 0.29) is 17.7 Å². The number of hydrogen-bond donors (Lipinski definition) is 0. The van der Waals surface area contributed by atoms with Crippen molar-refractivity contribution in [3.63, 3.8) is 0 Å². The number of carbonyl (C=O) groups excluding carboxylic acids is 3. The second-order valence-corrected chi connectivity index (χ2v) is 8.52. The molecule has 2 aliphatic heterocycles. The SMILES string of the molecule is CSC(=O)N(C)C1CN(c2ccc(N3CCN(C(=O)c4conc4C)CC3)c(F)c2)C(=O)O1. The number of hydrogen-bond acceptors (Lipinski definition) is 8. The third-order valence-electron chi connectivity index (χ3n) is 5.82. The quantitative estimate of drug-likeness (QED) is 0.663. The molecule has 2 fully saturated rings. The Morgan fingerprint density at radius 2 is 1.97 bits per heavy atom. The molecule has 10 nitrogen and oxygen atoms in total. The van der Waals surface area contributed by atoms with E-state index in [0.29, 0.717) is 48.8 Å². The van der Waals surface area contributed by atoms with Gasteiger partial charge in [-0.1, -0.05) is 16.9 Å². The molecule has 0 bridgehead atoms. The van der Waals surface area contributed by atoms with Gasteiger partial charge in [-0.2, -0.15) is 0 Å². The number of aromatic nitrogens is 1. The predicted octanol–water partition coefficient (Wildman–Crippen LogP) is 2.78. The third kappa shape index (κ3) is 4.47. The highest BCUT2D eigenvalue weighted by atomic mass is 32.2. The van der Waals surface area contributed by atoms with E-state index in [2.05, 4.69) is 5.16 Å². The fraction of sp³-hybridized carbons (Fsp3) is 0.429. The number of nitrogens with zero attached hydrogens (tertiary/aromatic N) is 5. The molecule has 4 rings (SSSR count). The summed E-state index contributed by atoms with van der Waals surface area (Å²) in [7, 11) is 1.55. The van der Waals surface area contributed by atoms with Gasteiger partial charge in [0.25, 0.3) is 11.1 Å². The van der Waals surface area contributed by atoms with Gasteiger partial charge in [0.15, 0.2) is 6.23 Å². The minimum absolute atomic E-state index is 0.115. The largest absolute Gasteiger partial charge is 0.423 e.